The zero-order chi connectivity index (χ0) is 25.5. The van der Waals surface area contributed by atoms with E-state index in [1.54, 1.807) is 0 Å². The van der Waals surface area contributed by atoms with Crippen LogP contribution in [0.4, 0.5) is 0 Å². The molecule has 0 unspecified atom stereocenters. The fourth-order valence-electron chi connectivity index (χ4n) is 3.79. The minimum absolute atomic E-state index is 0.0547. The minimum atomic E-state index is -0.0547. The largest absolute Gasteiger partial charge is 0.353 e. The molecule has 2 N–H and O–H groups in total. The van der Waals surface area contributed by atoms with Crippen LogP contribution in [0, 0.1) is 0 Å². The Morgan fingerprint density at radius 1 is 0.471 bits per heavy atom. The van der Waals surface area contributed by atoms with Crippen LogP contribution in [-0.2, 0) is 9.59 Å². The quantitative estimate of drug-likeness (QED) is 0.108. The van der Waals surface area contributed by atoms with Gasteiger partial charge in [0, 0.05) is 13.1 Å². The molecule has 2 amide bonds. The van der Waals surface area contributed by atoms with Crippen LogP contribution in [0.1, 0.15) is 142 Å². The lowest BCUT2D eigenvalue weighted by Crippen LogP contribution is -2.21. The van der Waals surface area contributed by atoms with Crippen LogP contribution in [-0.4, -0.2) is 24.9 Å². The molecule has 4 nitrogen and oxygen atoms in total. The Bertz CT molecular complexity index is 421. The van der Waals surface area contributed by atoms with Gasteiger partial charge in [-0.3, -0.25) is 9.59 Å². The first-order chi connectivity index (χ1) is 16.6. The van der Waals surface area contributed by atoms with Gasteiger partial charge < -0.3 is 10.6 Å². The normalized spacial score (nSPS) is 10.2. The van der Waals surface area contributed by atoms with E-state index in [0.717, 1.165) is 25.9 Å². The van der Waals surface area contributed by atoms with E-state index in [9.17, 15) is 9.59 Å². The molecule has 34 heavy (non-hydrogen) atoms. The Kier molecular flexibility index (Phi) is 32.0. The van der Waals surface area contributed by atoms with E-state index in [1.807, 2.05) is 0 Å². The van der Waals surface area contributed by atoms with Crippen LogP contribution in [0.5, 0.6) is 0 Å². The van der Waals surface area contributed by atoms with E-state index in [4.69, 9.17) is 0 Å². The Morgan fingerprint density at radius 2 is 0.706 bits per heavy atom. The molecule has 0 radical (unpaired) electrons. The van der Waals surface area contributed by atoms with Crippen LogP contribution in [0.3, 0.4) is 0 Å². The van der Waals surface area contributed by atoms with Gasteiger partial charge in [0.05, 0.1) is 0 Å². The van der Waals surface area contributed by atoms with Crippen LogP contribution in [0.15, 0.2) is 25.3 Å². The summed E-state index contributed by atoms with van der Waals surface area (Å²) in [6, 6.07) is 0. The zero-order valence-corrected chi connectivity index (χ0v) is 22.9. The third-order valence-corrected chi connectivity index (χ3v) is 6.03. The van der Waals surface area contributed by atoms with Crippen molar-refractivity contribution in [3.8, 4) is 0 Å². The molecular formula is C30H58N2O2. The summed E-state index contributed by atoms with van der Waals surface area (Å²) in [4.78, 5) is 21.7. The molecule has 0 heterocycles. The number of rotatable bonds is 24. The average Bonchev–Trinajstić information content (AvgIpc) is 2.85. The lowest BCUT2D eigenvalue weighted by atomic mass is 10.1. The molecule has 0 aromatic carbocycles. The van der Waals surface area contributed by atoms with Crippen molar-refractivity contribution < 1.29 is 9.59 Å². The number of nitrogens with one attached hydrogen (secondary N) is 2. The third kappa shape index (κ3) is 32.6. The van der Waals surface area contributed by atoms with Crippen molar-refractivity contribution in [2.75, 3.05) is 13.1 Å². The van der Waals surface area contributed by atoms with Gasteiger partial charge in [0.1, 0.15) is 0 Å². The summed E-state index contributed by atoms with van der Waals surface area (Å²) in [5.74, 6) is -0.109. The van der Waals surface area contributed by atoms with Crippen molar-refractivity contribution >= 4 is 11.8 Å². The second-order valence-corrected chi connectivity index (χ2v) is 9.35. The first-order valence-corrected chi connectivity index (χ1v) is 14.4. The van der Waals surface area contributed by atoms with E-state index < -0.39 is 0 Å². The van der Waals surface area contributed by atoms with Gasteiger partial charge in [0.15, 0.2) is 0 Å². The van der Waals surface area contributed by atoms with Crippen LogP contribution in [0.2, 0.25) is 0 Å². The number of carbonyl (C=O) groups is 2. The second-order valence-electron chi connectivity index (χ2n) is 9.35. The highest BCUT2D eigenvalue weighted by Gasteiger charge is 1.95. The molecule has 0 saturated carbocycles. The molecule has 0 fully saturated rings. The molecule has 0 rings (SSSR count). The fourth-order valence-corrected chi connectivity index (χ4v) is 3.79. The molecule has 0 saturated heterocycles. The number of carbonyl (C=O) groups excluding carboxylic acids is 2. The highest BCUT2D eigenvalue weighted by Crippen LogP contribution is 2.11. The Morgan fingerprint density at radius 3 is 0.941 bits per heavy atom. The highest BCUT2D eigenvalue weighted by molar-refractivity contribution is 5.87. The topological polar surface area (TPSA) is 58.2 Å². The van der Waals surface area contributed by atoms with Crippen LogP contribution in [0.25, 0.3) is 0 Å². The van der Waals surface area contributed by atoms with Crippen molar-refractivity contribution in [2.45, 2.75) is 142 Å². The maximum atomic E-state index is 10.8. The molecule has 0 atom stereocenters. The highest BCUT2D eigenvalue weighted by atomic mass is 16.2. The summed E-state index contributed by atoms with van der Waals surface area (Å²) in [7, 11) is 0. The first kappa shape index (κ1) is 34.6. The molecule has 0 spiro atoms. The van der Waals surface area contributed by atoms with E-state index in [2.05, 4.69) is 37.6 Å². The maximum Gasteiger partial charge on any atom is 0.243 e. The van der Waals surface area contributed by atoms with E-state index in [-0.39, 0.29) is 11.8 Å². The molecule has 0 aliphatic carbocycles. The predicted molar refractivity (Wildman–Crippen MR) is 150 cm³/mol. The molecule has 0 aromatic heterocycles. The van der Waals surface area contributed by atoms with Crippen LogP contribution < -0.4 is 10.6 Å². The second kappa shape index (κ2) is 31.4. The standard InChI is InChI=1S/2C15H29NO/c2*1-3-5-6-7-8-9-10-11-12-13-14-16-15(17)4-2/h2*4H,2-3,5-14H2,1H3,(H,16,17). The minimum Gasteiger partial charge on any atom is -0.353 e. The molecule has 200 valence electrons. The predicted octanol–water partition coefficient (Wildman–Crippen LogP) is 8.42. The third-order valence-electron chi connectivity index (χ3n) is 6.03. The molecule has 4 heteroatoms. The fraction of sp³-hybridized carbons (Fsp3) is 0.800. The van der Waals surface area contributed by atoms with Gasteiger partial charge in [-0.05, 0) is 25.0 Å². The van der Waals surface area contributed by atoms with Crippen molar-refractivity contribution in [1.82, 2.24) is 10.6 Å². The van der Waals surface area contributed by atoms with Crippen molar-refractivity contribution in [3.05, 3.63) is 25.3 Å². The first-order valence-electron chi connectivity index (χ1n) is 14.4. The summed E-state index contributed by atoms with van der Waals surface area (Å²) in [6.07, 6.45) is 29.2. The van der Waals surface area contributed by atoms with Gasteiger partial charge in [0.2, 0.25) is 11.8 Å². The number of unbranched alkanes of at least 4 members (excludes halogenated alkanes) is 18. The van der Waals surface area contributed by atoms with Crippen molar-refractivity contribution in [2.24, 2.45) is 0 Å². The molecule has 0 aliphatic heterocycles. The molecule has 0 aromatic rings. The number of hydrogen-bond acceptors (Lipinski definition) is 2. The number of hydrogen-bond donors (Lipinski definition) is 2. The SMILES string of the molecule is C=CC(=O)NCCCCCCCCCCCC.C=CC(=O)NCCCCCCCCCCCC. The van der Waals surface area contributed by atoms with E-state index in [0.29, 0.717) is 0 Å². The van der Waals surface area contributed by atoms with Crippen LogP contribution >= 0.6 is 0 Å². The zero-order valence-electron chi connectivity index (χ0n) is 22.9. The summed E-state index contributed by atoms with van der Waals surface area (Å²) >= 11 is 0. The van der Waals surface area contributed by atoms with Gasteiger partial charge in [0.25, 0.3) is 0 Å². The van der Waals surface area contributed by atoms with Crippen molar-refractivity contribution in [1.29, 1.82) is 0 Å². The smallest absolute Gasteiger partial charge is 0.243 e. The van der Waals surface area contributed by atoms with Gasteiger partial charge in [-0.25, -0.2) is 0 Å². The lowest BCUT2D eigenvalue weighted by molar-refractivity contribution is -0.117. The monoisotopic (exact) mass is 478 g/mol. The van der Waals surface area contributed by atoms with Gasteiger partial charge in [-0.1, -0.05) is 143 Å². The van der Waals surface area contributed by atoms with Gasteiger partial charge in [-0.2, -0.15) is 0 Å². The van der Waals surface area contributed by atoms with Crippen molar-refractivity contribution in [3.63, 3.8) is 0 Å². The summed E-state index contributed by atoms with van der Waals surface area (Å²) in [5, 5.41) is 5.60. The Labute approximate surface area is 212 Å². The Hall–Kier alpha value is -1.58. The Balaban J connectivity index is 0. The molecule has 0 bridgehead atoms. The van der Waals surface area contributed by atoms with E-state index >= 15 is 0 Å². The number of amides is 2. The molecule has 0 aliphatic rings. The lowest BCUT2D eigenvalue weighted by Gasteiger charge is -2.03. The summed E-state index contributed by atoms with van der Waals surface area (Å²) in [6.45, 7) is 12.9. The summed E-state index contributed by atoms with van der Waals surface area (Å²) < 4.78 is 0. The average molecular weight is 479 g/mol. The van der Waals surface area contributed by atoms with Gasteiger partial charge in [-0.15, -0.1) is 0 Å². The summed E-state index contributed by atoms with van der Waals surface area (Å²) in [5.41, 5.74) is 0. The maximum absolute atomic E-state index is 10.8. The van der Waals surface area contributed by atoms with E-state index in [1.165, 1.54) is 128 Å². The molecular weight excluding hydrogens is 420 g/mol. The van der Waals surface area contributed by atoms with Gasteiger partial charge >= 0.3 is 0 Å².